The van der Waals surface area contributed by atoms with E-state index in [0.717, 1.165) is 33.4 Å². The number of rotatable bonds is 5. The van der Waals surface area contributed by atoms with Crippen LogP contribution < -0.4 is 0 Å². The molecule has 0 N–H and O–H groups in total. The van der Waals surface area contributed by atoms with E-state index in [1.807, 2.05) is 36.4 Å². The van der Waals surface area contributed by atoms with E-state index in [1.54, 1.807) is 0 Å². The fourth-order valence-corrected chi connectivity index (χ4v) is 10.3. The highest BCUT2D eigenvalue weighted by Crippen LogP contribution is 2.61. The molecule has 0 fully saturated rings. The Morgan fingerprint density at radius 3 is 1.37 bits per heavy atom. The van der Waals surface area contributed by atoms with Crippen molar-refractivity contribution >= 4 is 21.8 Å². The summed E-state index contributed by atoms with van der Waals surface area (Å²) < 4.78 is 2.52. The van der Waals surface area contributed by atoms with Gasteiger partial charge in [-0.1, -0.05) is 206 Å². The predicted octanol–water partition coefficient (Wildman–Crippen LogP) is 14.0. The molecule has 11 aromatic rings. The van der Waals surface area contributed by atoms with Gasteiger partial charge in [-0.3, -0.25) is 0 Å². The van der Waals surface area contributed by atoms with Crippen LogP contribution in [0.5, 0.6) is 0 Å². The molecule has 0 amide bonds. The van der Waals surface area contributed by atoms with Crippen molar-refractivity contribution in [3.63, 3.8) is 0 Å². The fraction of sp³-hybridized carbons (Fsp3) is 0.0172. The summed E-state index contributed by atoms with van der Waals surface area (Å²) in [5.41, 5.74) is 18.5. The van der Waals surface area contributed by atoms with Crippen LogP contribution in [0.4, 0.5) is 0 Å². The summed E-state index contributed by atoms with van der Waals surface area (Å²) in [5.74, 6) is 1.92. The standard InChI is InChI=1S/C58H36N4/c1-3-14-37(15-4-1)38-26-30-41(31-27-38)56-59-55(40-16-5-2-6-17-40)60-57(61-56)42-32-28-39(29-33-42)43-34-35-50-53(36-43)62-52-25-12-9-20-46(52)47-21-13-24-51(54(47)62)58(50)48-22-10-7-18-44(48)45-19-8-11-23-49(45)58/h1-36H. The molecule has 13 rings (SSSR count). The highest BCUT2D eigenvalue weighted by atomic mass is 15.0. The first kappa shape index (κ1) is 34.6. The Morgan fingerprint density at radius 1 is 0.306 bits per heavy atom. The van der Waals surface area contributed by atoms with E-state index >= 15 is 0 Å². The Morgan fingerprint density at radius 2 is 0.742 bits per heavy atom. The molecule has 1 aliphatic carbocycles. The van der Waals surface area contributed by atoms with Crippen LogP contribution in [0.3, 0.4) is 0 Å². The number of benzene rings is 9. The van der Waals surface area contributed by atoms with Gasteiger partial charge in [0, 0.05) is 27.5 Å². The van der Waals surface area contributed by atoms with E-state index < -0.39 is 5.41 Å². The van der Waals surface area contributed by atoms with Crippen molar-refractivity contribution in [2.24, 2.45) is 0 Å². The molecule has 4 heteroatoms. The normalized spacial score (nSPS) is 13.0. The van der Waals surface area contributed by atoms with E-state index in [9.17, 15) is 0 Å². The van der Waals surface area contributed by atoms with E-state index in [1.165, 1.54) is 66.4 Å². The van der Waals surface area contributed by atoms with Gasteiger partial charge in [0.05, 0.1) is 22.1 Å². The number of hydrogen-bond donors (Lipinski definition) is 0. The lowest BCUT2D eigenvalue weighted by Crippen LogP contribution is -2.33. The minimum Gasteiger partial charge on any atom is -0.309 e. The molecule has 0 saturated heterocycles. The van der Waals surface area contributed by atoms with Crippen molar-refractivity contribution in [1.29, 1.82) is 0 Å². The molecule has 288 valence electrons. The minimum atomic E-state index is -0.469. The van der Waals surface area contributed by atoms with Gasteiger partial charge in [0.25, 0.3) is 0 Å². The molecule has 1 spiro atoms. The number of aromatic nitrogens is 4. The zero-order chi connectivity index (χ0) is 40.8. The topological polar surface area (TPSA) is 43.6 Å². The summed E-state index contributed by atoms with van der Waals surface area (Å²) in [6, 6.07) is 78.6. The van der Waals surface area contributed by atoms with Gasteiger partial charge in [0.15, 0.2) is 17.5 Å². The molecule has 3 heterocycles. The van der Waals surface area contributed by atoms with Crippen molar-refractivity contribution in [3.05, 3.63) is 241 Å². The third-order valence-corrected chi connectivity index (χ3v) is 13.1. The molecule has 2 aromatic heterocycles. The zero-order valence-electron chi connectivity index (χ0n) is 33.6. The Kier molecular flexibility index (Phi) is 7.49. The molecule has 2 aliphatic rings. The molecule has 4 nitrogen and oxygen atoms in total. The molecule has 0 saturated carbocycles. The van der Waals surface area contributed by atoms with Crippen molar-refractivity contribution in [2.45, 2.75) is 5.41 Å². The number of nitrogens with zero attached hydrogens (tertiary/aromatic N) is 4. The van der Waals surface area contributed by atoms with Crippen molar-refractivity contribution in [2.75, 3.05) is 0 Å². The van der Waals surface area contributed by atoms with Gasteiger partial charge in [-0.25, -0.2) is 15.0 Å². The predicted molar refractivity (Wildman–Crippen MR) is 252 cm³/mol. The summed E-state index contributed by atoms with van der Waals surface area (Å²) in [4.78, 5) is 15.1. The average molecular weight is 789 g/mol. The van der Waals surface area contributed by atoms with Crippen molar-refractivity contribution in [3.8, 4) is 73.2 Å². The minimum absolute atomic E-state index is 0.469. The molecule has 0 radical (unpaired) electrons. The van der Waals surface area contributed by atoms with Crippen molar-refractivity contribution < 1.29 is 0 Å². The Balaban J connectivity index is 0.959. The Hall–Kier alpha value is -8.21. The van der Waals surface area contributed by atoms with Crippen LogP contribution in [0.25, 0.3) is 95.0 Å². The molecule has 9 aromatic carbocycles. The number of para-hydroxylation sites is 2. The highest BCUT2D eigenvalue weighted by Gasteiger charge is 2.50. The van der Waals surface area contributed by atoms with E-state index in [2.05, 4.69) is 187 Å². The van der Waals surface area contributed by atoms with Crippen LogP contribution in [-0.4, -0.2) is 19.5 Å². The lowest BCUT2D eigenvalue weighted by molar-refractivity contribution is 0.748. The second kappa shape index (κ2) is 13.4. The second-order valence-electron chi connectivity index (χ2n) is 16.3. The molecule has 1 aliphatic heterocycles. The lowest BCUT2D eigenvalue weighted by Gasteiger charge is -2.39. The summed E-state index contributed by atoms with van der Waals surface area (Å²) in [5, 5.41) is 2.54. The van der Waals surface area contributed by atoms with Crippen molar-refractivity contribution in [1.82, 2.24) is 19.5 Å². The number of hydrogen-bond acceptors (Lipinski definition) is 3. The maximum atomic E-state index is 5.08. The SMILES string of the molecule is c1ccc(-c2ccc(-c3nc(-c4ccccc4)nc(-c4ccc(-c5ccc6c(c5)-n5c7ccccc7c7cccc(c75)C65c6ccccc6-c6ccccc65)cc4)n3)cc2)cc1. The third-order valence-electron chi connectivity index (χ3n) is 13.1. The summed E-state index contributed by atoms with van der Waals surface area (Å²) >= 11 is 0. The average Bonchev–Trinajstić information content (AvgIpc) is 3.85. The highest BCUT2D eigenvalue weighted by molar-refractivity contribution is 6.13. The van der Waals surface area contributed by atoms with Crippen LogP contribution in [0.2, 0.25) is 0 Å². The monoisotopic (exact) mass is 788 g/mol. The lowest BCUT2D eigenvalue weighted by atomic mass is 9.65. The molecular weight excluding hydrogens is 753 g/mol. The smallest absolute Gasteiger partial charge is 0.164 e. The van der Waals surface area contributed by atoms with E-state index in [-0.39, 0.29) is 0 Å². The third kappa shape index (κ3) is 4.98. The van der Waals surface area contributed by atoms with Crippen LogP contribution in [0.15, 0.2) is 218 Å². The molecule has 62 heavy (non-hydrogen) atoms. The van der Waals surface area contributed by atoms with Crippen LogP contribution in [0, 0.1) is 0 Å². The zero-order valence-corrected chi connectivity index (χ0v) is 33.6. The second-order valence-corrected chi connectivity index (χ2v) is 16.3. The summed E-state index contributed by atoms with van der Waals surface area (Å²) in [6.07, 6.45) is 0. The van der Waals surface area contributed by atoms with Gasteiger partial charge >= 0.3 is 0 Å². The number of fused-ring (bicyclic) bond motifs is 12. The van der Waals surface area contributed by atoms with Crippen LogP contribution in [0.1, 0.15) is 22.3 Å². The first-order valence-corrected chi connectivity index (χ1v) is 21.2. The summed E-state index contributed by atoms with van der Waals surface area (Å²) in [6.45, 7) is 0. The van der Waals surface area contributed by atoms with E-state index in [0.29, 0.717) is 17.5 Å². The Labute approximate surface area is 359 Å². The first-order valence-electron chi connectivity index (χ1n) is 21.2. The molecule has 0 bridgehead atoms. The largest absolute Gasteiger partial charge is 0.309 e. The van der Waals surface area contributed by atoms with Gasteiger partial charge in [0.2, 0.25) is 0 Å². The van der Waals surface area contributed by atoms with Gasteiger partial charge in [-0.15, -0.1) is 0 Å². The molecule has 0 atom stereocenters. The maximum absolute atomic E-state index is 5.08. The van der Waals surface area contributed by atoms with E-state index in [4.69, 9.17) is 15.0 Å². The molecular formula is C58H36N4. The van der Waals surface area contributed by atoms with Gasteiger partial charge in [0.1, 0.15) is 0 Å². The van der Waals surface area contributed by atoms with Gasteiger partial charge in [-0.2, -0.15) is 0 Å². The van der Waals surface area contributed by atoms with Crippen LogP contribution in [-0.2, 0) is 5.41 Å². The molecule has 0 unspecified atom stereocenters. The first-order chi connectivity index (χ1) is 30.7. The Bertz CT molecular complexity index is 3510. The maximum Gasteiger partial charge on any atom is 0.164 e. The fourth-order valence-electron chi connectivity index (χ4n) is 10.3. The van der Waals surface area contributed by atoms with Gasteiger partial charge in [-0.05, 0) is 67.8 Å². The quantitative estimate of drug-likeness (QED) is 0.174. The van der Waals surface area contributed by atoms with Gasteiger partial charge < -0.3 is 4.57 Å². The summed E-state index contributed by atoms with van der Waals surface area (Å²) in [7, 11) is 0. The van der Waals surface area contributed by atoms with Crippen LogP contribution >= 0.6 is 0 Å².